The second-order valence-electron chi connectivity index (χ2n) is 4.43. The zero-order chi connectivity index (χ0) is 13.3. The molecular weight excluding hydrogens is 257 g/mol. The fourth-order valence-electron chi connectivity index (χ4n) is 1.89. The number of hydrogen-bond donors (Lipinski definition) is 0. The van der Waals surface area contributed by atoms with Crippen LogP contribution in [0.2, 0.25) is 0 Å². The van der Waals surface area contributed by atoms with E-state index < -0.39 is 21.6 Å². The summed E-state index contributed by atoms with van der Waals surface area (Å²) in [6, 6.07) is 4.33. The van der Waals surface area contributed by atoms with E-state index in [1.165, 1.54) is 17.0 Å². The summed E-state index contributed by atoms with van der Waals surface area (Å²) >= 11 is 0. The van der Waals surface area contributed by atoms with Gasteiger partial charge in [0.25, 0.3) is 5.91 Å². The lowest BCUT2D eigenvalue weighted by Crippen LogP contribution is -2.44. The second kappa shape index (κ2) is 4.68. The van der Waals surface area contributed by atoms with E-state index in [4.69, 9.17) is 0 Å². The highest BCUT2D eigenvalue weighted by Crippen LogP contribution is 2.14. The standard InChI is InChI=1S/C12H14FNO3S/c1-9-2-3-11(13)10(8-9)12(15)14-4-6-18(16,17)7-5-14/h2-3,8H,4-7H2,1H3. The maximum Gasteiger partial charge on any atom is 0.256 e. The van der Waals surface area contributed by atoms with E-state index in [1.807, 2.05) is 0 Å². The average Bonchev–Trinajstić information content (AvgIpc) is 2.31. The Kier molecular flexibility index (Phi) is 3.38. The van der Waals surface area contributed by atoms with Crippen molar-refractivity contribution in [1.29, 1.82) is 0 Å². The molecule has 0 aromatic heterocycles. The largest absolute Gasteiger partial charge is 0.337 e. The van der Waals surface area contributed by atoms with E-state index in [0.717, 1.165) is 5.56 Å². The first-order valence-electron chi connectivity index (χ1n) is 5.65. The molecule has 18 heavy (non-hydrogen) atoms. The molecule has 2 rings (SSSR count). The molecule has 4 nitrogen and oxygen atoms in total. The van der Waals surface area contributed by atoms with Gasteiger partial charge in [0.1, 0.15) is 5.82 Å². The lowest BCUT2D eigenvalue weighted by atomic mass is 10.1. The summed E-state index contributed by atoms with van der Waals surface area (Å²) in [5.74, 6) is -1.11. The van der Waals surface area contributed by atoms with E-state index in [1.54, 1.807) is 13.0 Å². The number of sulfone groups is 1. The van der Waals surface area contributed by atoms with Gasteiger partial charge in [-0.05, 0) is 19.1 Å². The van der Waals surface area contributed by atoms with Gasteiger partial charge in [0.15, 0.2) is 9.84 Å². The first-order valence-corrected chi connectivity index (χ1v) is 7.47. The van der Waals surface area contributed by atoms with Crippen LogP contribution >= 0.6 is 0 Å². The van der Waals surface area contributed by atoms with E-state index in [9.17, 15) is 17.6 Å². The van der Waals surface area contributed by atoms with Gasteiger partial charge in [-0.25, -0.2) is 12.8 Å². The topological polar surface area (TPSA) is 54.5 Å². The van der Waals surface area contributed by atoms with Crippen molar-refractivity contribution in [2.24, 2.45) is 0 Å². The predicted octanol–water partition coefficient (Wildman–Crippen LogP) is 1.00. The fraction of sp³-hybridized carbons (Fsp3) is 0.417. The molecule has 0 atom stereocenters. The van der Waals surface area contributed by atoms with Gasteiger partial charge in [-0.1, -0.05) is 11.6 Å². The molecule has 0 radical (unpaired) electrons. The molecule has 0 bridgehead atoms. The van der Waals surface area contributed by atoms with Crippen LogP contribution in [-0.2, 0) is 9.84 Å². The van der Waals surface area contributed by atoms with Gasteiger partial charge in [-0.3, -0.25) is 4.79 Å². The third kappa shape index (κ3) is 2.69. The van der Waals surface area contributed by atoms with Crippen LogP contribution in [0.25, 0.3) is 0 Å². The highest BCUT2D eigenvalue weighted by atomic mass is 32.2. The zero-order valence-electron chi connectivity index (χ0n) is 10.0. The maximum absolute atomic E-state index is 13.6. The molecule has 1 aliphatic rings. The van der Waals surface area contributed by atoms with Crippen molar-refractivity contribution >= 4 is 15.7 Å². The van der Waals surface area contributed by atoms with Crippen molar-refractivity contribution in [3.8, 4) is 0 Å². The molecule has 1 fully saturated rings. The smallest absolute Gasteiger partial charge is 0.256 e. The number of carbonyl (C=O) groups is 1. The summed E-state index contributed by atoms with van der Waals surface area (Å²) in [6.45, 7) is 2.04. The van der Waals surface area contributed by atoms with Crippen molar-refractivity contribution in [2.45, 2.75) is 6.92 Å². The highest BCUT2D eigenvalue weighted by molar-refractivity contribution is 7.91. The Morgan fingerprint density at radius 2 is 1.89 bits per heavy atom. The van der Waals surface area contributed by atoms with Crippen LogP contribution in [0.1, 0.15) is 15.9 Å². The minimum Gasteiger partial charge on any atom is -0.337 e. The molecule has 98 valence electrons. The van der Waals surface area contributed by atoms with Gasteiger partial charge in [0, 0.05) is 13.1 Å². The van der Waals surface area contributed by atoms with Crippen LogP contribution in [-0.4, -0.2) is 43.8 Å². The number of hydrogen-bond acceptors (Lipinski definition) is 3. The Hall–Kier alpha value is -1.43. The number of carbonyl (C=O) groups excluding carboxylic acids is 1. The molecule has 1 saturated heterocycles. The van der Waals surface area contributed by atoms with Crippen LogP contribution in [0.3, 0.4) is 0 Å². The number of halogens is 1. The number of rotatable bonds is 1. The first kappa shape index (κ1) is 13.0. The summed E-state index contributed by atoms with van der Waals surface area (Å²) in [7, 11) is -3.04. The molecular formula is C12H14FNO3S. The number of benzene rings is 1. The molecule has 0 aliphatic carbocycles. The Morgan fingerprint density at radius 1 is 1.28 bits per heavy atom. The summed E-state index contributed by atoms with van der Waals surface area (Å²) in [5, 5.41) is 0. The third-order valence-electron chi connectivity index (χ3n) is 2.98. The predicted molar refractivity (Wildman–Crippen MR) is 65.7 cm³/mol. The van der Waals surface area contributed by atoms with Crippen molar-refractivity contribution in [3.05, 3.63) is 35.1 Å². The highest BCUT2D eigenvalue weighted by Gasteiger charge is 2.27. The Labute approximate surface area is 105 Å². The molecule has 1 aliphatic heterocycles. The van der Waals surface area contributed by atoms with Gasteiger partial charge >= 0.3 is 0 Å². The van der Waals surface area contributed by atoms with Crippen molar-refractivity contribution in [3.63, 3.8) is 0 Å². The van der Waals surface area contributed by atoms with Crippen LogP contribution in [0, 0.1) is 12.7 Å². The van der Waals surface area contributed by atoms with Crippen LogP contribution in [0.5, 0.6) is 0 Å². The molecule has 0 N–H and O–H groups in total. The number of nitrogens with zero attached hydrogens (tertiary/aromatic N) is 1. The number of aryl methyl sites for hydroxylation is 1. The molecule has 1 aromatic rings. The minimum absolute atomic E-state index is 0.00861. The monoisotopic (exact) mass is 271 g/mol. The van der Waals surface area contributed by atoms with E-state index >= 15 is 0 Å². The third-order valence-corrected chi connectivity index (χ3v) is 4.59. The lowest BCUT2D eigenvalue weighted by Gasteiger charge is -2.27. The number of amides is 1. The molecule has 0 saturated carbocycles. The summed E-state index contributed by atoms with van der Waals surface area (Å²) in [5.41, 5.74) is 0.804. The molecule has 1 amide bonds. The lowest BCUT2D eigenvalue weighted by molar-refractivity contribution is 0.0765. The van der Waals surface area contributed by atoms with Gasteiger partial charge in [0.05, 0.1) is 17.1 Å². The summed E-state index contributed by atoms with van der Waals surface area (Å²) in [4.78, 5) is 13.5. The molecule has 0 unspecified atom stereocenters. The van der Waals surface area contributed by atoms with E-state index in [-0.39, 0.29) is 30.2 Å². The first-order chi connectivity index (χ1) is 8.39. The van der Waals surface area contributed by atoms with Gasteiger partial charge < -0.3 is 4.90 Å². The van der Waals surface area contributed by atoms with Gasteiger partial charge in [0.2, 0.25) is 0 Å². The van der Waals surface area contributed by atoms with E-state index in [0.29, 0.717) is 0 Å². The van der Waals surface area contributed by atoms with Crippen molar-refractivity contribution in [1.82, 2.24) is 4.90 Å². The molecule has 0 spiro atoms. The van der Waals surface area contributed by atoms with Crippen molar-refractivity contribution < 1.29 is 17.6 Å². The normalized spacial score (nSPS) is 18.7. The summed E-state index contributed by atoms with van der Waals surface area (Å²) in [6.07, 6.45) is 0. The van der Waals surface area contributed by atoms with Gasteiger partial charge in [-0.2, -0.15) is 0 Å². The van der Waals surface area contributed by atoms with E-state index in [2.05, 4.69) is 0 Å². The maximum atomic E-state index is 13.6. The van der Waals surface area contributed by atoms with Gasteiger partial charge in [-0.15, -0.1) is 0 Å². The SMILES string of the molecule is Cc1ccc(F)c(C(=O)N2CCS(=O)(=O)CC2)c1. The summed E-state index contributed by atoms with van der Waals surface area (Å²) < 4.78 is 36.1. The Bertz CT molecular complexity index is 569. The van der Waals surface area contributed by atoms with Crippen LogP contribution in [0.4, 0.5) is 4.39 Å². The fourth-order valence-corrected chi connectivity index (χ4v) is 3.09. The Balaban J connectivity index is 2.20. The minimum atomic E-state index is -3.04. The second-order valence-corrected chi connectivity index (χ2v) is 6.73. The quantitative estimate of drug-likeness (QED) is 0.766. The van der Waals surface area contributed by atoms with Crippen LogP contribution < -0.4 is 0 Å². The van der Waals surface area contributed by atoms with Crippen molar-refractivity contribution in [2.75, 3.05) is 24.6 Å². The molecule has 1 aromatic carbocycles. The molecule has 1 heterocycles. The van der Waals surface area contributed by atoms with Crippen LogP contribution in [0.15, 0.2) is 18.2 Å². The Morgan fingerprint density at radius 3 is 2.50 bits per heavy atom. The zero-order valence-corrected chi connectivity index (χ0v) is 10.8. The molecule has 6 heteroatoms. The average molecular weight is 271 g/mol.